The highest BCUT2D eigenvalue weighted by Crippen LogP contribution is 2.24. The minimum absolute atomic E-state index is 0.796. The number of imidazole rings is 2. The first kappa shape index (κ1) is 13.4. The highest BCUT2D eigenvalue weighted by atomic mass is 32.2. The van der Waals surface area contributed by atoms with Gasteiger partial charge < -0.3 is 9.55 Å². The fraction of sp³-hybridized carbons (Fsp3) is 0.176. The summed E-state index contributed by atoms with van der Waals surface area (Å²) in [6, 6.07) is 14.5. The lowest BCUT2D eigenvalue weighted by molar-refractivity contribution is 0.874. The van der Waals surface area contributed by atoms with Gasteiger partial charge in [0, 0.05) is 7.05 Å². The van der Waals surface area contributed by atoms with E-state index in [-0.39, 0.29) is 0 Å². The van der Waals surface area contributed by atoms with E-state index in [0.717, 1.165) is 33.3 Å². The first-order valence-electron chi connectivity index (χ1n) is 7.20. The van der Waals surface area contributed by atoms with Gasteiger partial charge in [0.1, 0.15) is 5.82 Å². The van der Waals surface area contributed by atoms with Crippen molar-refractivity contribution in [3.05, 3.63) is 53.9 Å². The van der Waals surface area contributed by atoms with Crippen molar-refractivity contribution >= 4 is 33.8 Å². The van der Waals surface area contributed by atoms with Gasteiger partial charge in [0.15, 0.2) is 5.16 Å². The topological polar surface area (TPSA) is 46.5 Å². The molecule has 2 aromatic carbocycles. The number of H-pyrrole nitrogens is 1. The third-order valence-corrected chi connectivity index (χ3v) is 4.70. The van der Waals surface area contributed by atoms with Crippen LogP contribution in [0.2, 0.25) is 0 Å². The number of thioether (sulfide) groups is 1. The maximum absolute atomic E-state index is 4.70. The SMILES string of the molecule is Cc1ccc2nc(SCc3nc4ccccc4n3C)[nH]c2c1. The molecule has 0 bridgehead atoms. The molecule has 0 fully saturated rings. The molecule has 4 nitrogen and oxygen atoms in total. The van der Waals surface area contributed by atoms with Crippen molar-refractivity contribution in [1.82, 2.24) is 19.5 Å². The van der Waals surface area contributed by atoms with Gasteiger partial charge in [-0.3, -0.25) is 0 Å². The average molecular weight is 308 g/mol. The Hall–Kier alpha value is -2.27. The maximum Gasteiger partial charge on any atom is 0.166 e. The Morgan fingerprint density at radius 1 is 1.09 bits per heavy atom. The number of nitrogens with zero attached hydrogens (tertiary/aromatic N) is 3. The van der Waals surface area contributed by atoms with Crippen LogP contribution in [0, 0.1) is 6.92 Å². The summed E-state index contributed by atoms with van der Waals surface area (Å²) in [7, 11) is 2.06. The lowest BCUT2D eigenvalue weighted by atomic mass is 10.2. The lowest BCUT2D eigenvalue weighted by Crippen LogP contribution is -1.95. The highest BCUT2D eigenvalue weighted by Gasteiger charge is 2.09. The van der Waals surface area contributed by atoms with Crippen molar-refractivity contribution in [3.8, 4) is 0 Å². The van der Waals surface area contributed by atoms with Gasteiger partial charge in [-0.05, 0) is 36.8 Å². The minimum Gasteiger partial charge on any atom is -0.333 e. The Kier molecular flexibility index (Phi) is 3.15. The summed E-state index contributed by atoms with van der Waals surface area (Å²) in [6.07, 6.45) is 0. The summed E-state index contributed by atoms with van der Waals surface area (Å²) < 4.78 is 2.15. The van der Waals surface area contributed by atoms with E-state index < -0.39 is 0 Å². The minimum atomic E-state index is 0.796. The van der Waals surface area contributed by atoms with Crippen LogP contribution in [0.25, 0.3) is 22.1 Å². The molecular formula is C17H16N4S. The number of benzene rings is 2. The molecule has 4 aromatic rings. The van der Waals surface area contributed by atoms with Crippen molar-refractivity contribution in [1.29, 1.82) is 0 Å². The third-order valence-electron chi connectivity index (χ3n) is 3.83. The van der Waals surface area contributed by atoms with Crippen LogP contribution in [0.15, 0.2) is 47.6 Å². The standard InChI is InChI=1S/C17H16N4S/c1-11-7-8-12-14(9-11)20-17(19-12)22-10-16-18-13-5-3-4-6-15(13)21(16)2/h3-9H,10H2,1-2H3,(H,19,20). The number of hydrogen-bond donors (Lipinski definition) is 1. The molecule has 0 saturated heterocycles. The van der Waals surface area contributed by atoms with E-state index >= 15 is 0 Å². The Balaban J connectivity index is 1.61. The van der Waals surface area contributed by atoms with Gasteiger partial charge in [0.05, 0.1) is 27.8 Å². The molecule has 0 radical (unpaired) electrons. The van der Waals surface area contributed by atoms with Crippen LogP contribution in [-0.2, 0) is 12.8 Å². The van der Waals surface area contributed by atoms with Gasteiger partial charge in [0.2, 0.25) is 0 Å². The molecule has 0 spiro atoms. The normalized spacial score (nSPS) is 11.5. The summed E-state index contributed by atoms with van der Waals surface area (Å²) in [5.74, 6) is 1.85. The van der Waals surface area contributed by atoms with Crippen molar-refractivity contribution < 1.29 is 0 Å². The van der Waals surface area contributed by atoms with Crippen molar-refractivity contribution in [3.63, 3.8) is 0 Å². The van der Waals surface area contributed by atoms with Gasteiger partial charge in [-0.25, -0.2) is 9.97 Å². The predicted molar refractivity (Wildman–Crippen MR) is 91.1 cm³/mol. The molecule has 4 rings (SSSR count). The number of aromatic nitrogens is 4. The molecular weight excluding hydrogens is 292 g/mol. The Morgan fingerprint density at radius 3 is 2.82 bits per heavy atom. The molecule has 0 amide bonds. The summed E-state index contributed by atoms with van der Waals surface area (Å²) in [4.78, 5) is 12.7. The number of rotatable bonds is 3. The highest BCUT2D eigenvalue weighted by molar-refractivity contribution is 7.98. The second kappa shape index (κ2) is 5.18. The first-order valence-corrected chi connectivity index (χ1v) is 8.19. The van der Waals surface area contributed by atoms with E-state index in [4.69, 9.17) is 4.98 Å². The summed E-state index contributed by atoms with van der Waals surface area (Å²) in [5, 5.41) is 0.938. The first-order chi connectivity index (χ1) is 10.7. The molecule has 1 N–H and O–H groups in total. The Morgan fingerprint density at radius 2 is 1.95 bits per heavy atom. The van der Waals surface area contributed by atoms with E-state index in [2.05, 4.69) is 52.8 Å². The van der Waals surface area contributed by atoms with E-state index in [0.29, 0.717) is 0 Å². The zero-order chi connectivity index (χ0) is 15.1. The second-order valence-corrected chi connectivity index (χ2v) is 6.39. The van der Waals surface area contributed by atoms with Gasteiger partial charge >= 0.3 is 0 Å². The molecule has 0 aliphatic carbocycles. The zero-order valence-corrected chi connectivity index (χ0v) is 13.3. The molecule has 0 saturated carbocycles. The molecule has 22 heavy (non-hydrogen) atoms. The molecule has 2 heterocycles. The smallest absolute Gasteiger partial charge is 0.166 e. The van der Waals surface area contributed by atoms with Crippen LogP contribution in [0.5, 0.6) is 0 Å². The molecule has 2 aromatic heterocycles. The molecule has 0 aliphatic rings. The summed E-state index contributed by atoms with van der Waals surface area (Å²) >= 11 is 1.68. The second-order valence-electron chi connectivity index (χ2n) is 5.43. The number of hydrogen-bond acceptors (Lipinski definition) is 3. The lowest BCUT2D eigenvalue weighted by Gasteiger charge is -2.00. The van der Waals surface area contributed by atoms with Crippen molar-refractivity contribution in [2.75, 3.05) is 0 Å². The van der Waals surface area contributed by atoms with Gasteiger partial charge in [0.25, 0.3) is 0 Å². The summed E-state index contributed by atoms with van der Waals surface area (Å²) in [6.45, 7) is 2.09. The number of aryl methyl sites for hydroxylation is 2. The molecule has 0 aliphatic heterocycles. The number of nitrogens with one attached hydrogen (secondary N) is 1. The van der Waals surface area contributed by atoms with E-state index in [1.54, 1.807) is 11.8 Å². The predicted octanol–water partition coefficient (Wildman–Crippen LogP) is 4.05. The van der Waals surface area contributed by atoms with E-state index in [1.807, 2.05) is 18.2 Å². The Labute approximate surface area is 132 Å². The fourth-order valence-electron chi connectivity index (χ4n) is 2.63. The van der Waals surface area contributed by atoms with Gasteiger partial charge in [-0.15, -0.1) is 0 Å². The van der Waals surface area contributed by atoms with Crippen LogP contribution < -0.4 is 0 Å². The fourth-order valence-corrected chi connectivity index (χ4v) is 3.49. The zero-order valence-electron chi connectivity index (χ0n) is 12.5. The molecule has 5 heteroatoms. The molecule has 0 unspecified atom stereocenters. The van der Waals surface area contributed by atoms with E-state index in [1.165, 1.54) is 11.1 Å². The quantitative estimate of drug-likeness (QED) is 0.581. The third kappa shape index (κ3) is 2.27. The van der Waals surface area contributed by atoms with Gasteiger partial charge in [-0.1, -0.05) is 30.0 Å². The number of aromatic amines is 1. The van der Waals surface area contributed by atoms with Crippen LogP contribution in [0.1, 0.15) is 11.4 Å². The van der Waals surface area contributed by atoms with Gasteiger partial charge in [-0.2, -0.15) is 0 Å². The molecule has 110 valence electrons. The summed E-state index contributed by atoms with van der Waals surface area (Å²) in [5.41, 5.74) is 5.55. The maximum atomic E-state index is 4.70. The monoisotopic (exact) mass is 308 g/mol. The van der Waals surface area contributed by atoms with Crippen LogP contribution in [0.3, 0.4) is 0 Å². The molecule has 0 atom stereocenters. The number of fused-ring (bicyclic) bond motifs is 2. The number of para-hydroxylation sites is 2. The van der Waals surface area contributed by atoms with E-state index in [9.17, 15) is 0 Å². The van der Waals surface area contributed by atoms with Crippen LogP contribution >= 0.6 is 11.8 Å². The van der Waals surface area contributed by atoms with Crippen LogP contribution in [-0.4, -0.2) is 19.5 Å². The van der Waals surface area contributed by atoms with Crippen LogP contribution in [0.4, 0.5) is 0 Å². The average Bonchev–Trinajstić information content (AvgIpc) is 3.06. The Bertz CT molecular complexity index is 967. The van der Waals surface area contributed by atoms with Crippen molar-refractivity contribution in [2.45, 2.75) is 17.8 Å². The van der Waals surface area contributed by atoms with Crippen molar-refractivity contribution in [2.24, 2.45) is 7.05 Å². The largest absolute Gasteiger partial charge is 0.333 e.